The van der Waals surface area contributed by atoms with Gasteiger partial charge in [-0.2, -0.15) is 0 Å². The highest BCUT2D eigenvalue weighted by Gasteiger charge is 1.98. The van der Waals surface area contributed by atoms with E-state index < -0.39 is 0 Å². The molecule has 0 saturated heterocycles. The first kappa shape index (κ1) is 16.3. The largest absolute Gasteiger partial charge is 0.399 e. The number of thioether (sulfide) groups is 1. The highest BCUT2D eigenvalue weighted by Crippen LogP contribution is 2.22. The molecule has 5 heteroatoms. The summed E-state index contributed by atoms with van der Waals surface area (Å²) < 4.78 is 15.7. The van der Waals surface area contributed by atoms with E-state index in [1.54, 1.807) is 18.9 Å². The molecular weight excluding hydrogens is 262 g/mol. The summed E-state index contributed by atoms with van der Waals surface area (Å²) in [7, 11) is 1.66. The Labute approximate surface area is 119 Å². The van der Waals surface area contributed by atoms with Crippen molar-refractivity contribution in [2.75, 3.05) is 51.6 Å². The maximum absolute atomic E-state index is 5.78. The lowest BCUT2D eigenvalue weighted by Crippen LogP contribution is -2.09. The second-order valence-corrected chi connectivity index (χ2v) is 5.25. The zero-order valence-electron chi connectivity index (χ0n) is 11.7. The Morgan fingerprint density at radius 1 is 1.05 bits per heavy atom. The summed E-state index contributed by atoms with van der Waals surface area (Å²) in [6.45, 7) is 5.25. The number of ether oxygens (including phenoxy) is 3. The Bertz CT molecular complexity index is 361. The minimum Gasteiger partial charge on any atom is -0.399 e. The third kappa shape index (κ3) is 7.42. The van der Waals surface area contributed by atoms with Gasteiger partial charge in [-0.3, -0.25) is 0 Å². The molecule has 0 fully saturated rings. The molecule has 0 spiro atoms. The van der Waals surface area contributed by atoms with E-state index in [1.807, 2.05) is 19.1 Å². The molecule has 0 saturated carbocycles. The van der Waals surface area contributed by atoms with Gasteiger partial charge in [0.2, 0.25) is 0 Å². The van der Waals surface area contributed by atoms with Crippen LogP contribution in [-0.2, 0) is 14.2 Å². The Kier molecular flexibility index (Phi) is 8.66. The van der Waals surface area contributed by atoms with Crippen LogP contribution in [0, 0.1) is 6.92 Å². The van der Waals surface area contributed by atoms with Crippen LogP contribution >= 0.6 is 11.8 Å². The molecule has 0 atom stereocenters. The SMILES string of the molecule is COCCOCCOCCSc1ccc(N)c(C)c1. The van der Waals surface area contributed by atoms with Crippen LogP contribution in [-0.4, -0.2) is 45.9 Å². The smallest absolute Gasteiger partial charge is 0.0701 e. The Balaban J connectivity index is 2.00. The third-order valence-electron chi connectivity index (χ3n) is 2.54. The molecule has 0 aliphatic carbocycles. The van der Waals surface area contributed by atoms with E-state index in [9.17, 15) is 0 Å². The van der Waals surface area contributed by atoms with Gasteiger partial charge in [0.15, 0.2) is 0 Å². The molecule has 0 radical (unpaired) electrons. The van der Waals surface area contributed by atoms with Gasteiger partial charge in [-0.15, -0.1) is 11.8 Å². The van der Waals surface area contributed by atoms with E-state index in [-0.39, 0.29) is 0 Å². The molecule has 0 unspecified atom stereocenters. The molecule has 0 aromatic heterocycles. The molecule has 0 aliphatic heterocycles. The summed E-state index contributed by atoms with van der Waals surface area (Å²) in [4.78, 5) is 1.23. The van der Waals surface area contributed by atoms with Crippen molar-refractivity contribution in [3.63, 3.8) is 0 Å². The normalized spacial score (nSPS) is 10.8. The van der Waals surface area contributed by atoms with Crippen LogP contribution in [0.5, 0.6) is 0 Å². The summed E-state index contributed by atoms with van der Waals surface area (Å²) in [6, 6.07) is 6.09. The Hall–Kier alpha value is -0.750. The molecule has 1 rings (SSSR count). The topological polar surface area (TPSA) is 53.7 Å². The molecule has 0 amide bonds. The van der Waals surface area contributed by atoms with Gasteiger partial charge in [0.1, 0.15) is 0 Å². The highest BCUT2D eigenvalue weighted by molar-refractivity contribution is 7.99. The van der Waals surface area contributed by atoms with Crippen molar-refractivity contribution in [1.29, 1.82) is 0 Å². The minimum absolute atomic E-state index is 0.620. The quantitative estimate of drug-likeness (QED) is 0.406. The molecule has 0 bridgehead atoms. The molecule has 1 aromatic rings. The van der Waals surface area contributed by atoms with E-state index in [0.29, 0.717) is 26.4 Å². The minimum atomic E-state index is 0.620. The van der Waals surface area contributed by atoms with E-state index in [2.05, 4.69) is 6.07 Å². The lowest BCUT2D eigenvalue weighted by molar-refractivity contribution is 0.0286. The third-order valence-corrected chi connectivity index (χ3v) is 3.50. The standard InChI is InChI=1S/C14H23NO3S/c1-12-11-13(3-4-14(12)15)19-10-9-18-8-7-17-6-5-16-2/h3-4,11H,5-10,15H2,1-2H3. The molecule has 4 nitrogen and oxygen atoms in total. The number of hydrogen-bond acceptors (Lipinski definition) is 5. The van der Waals surface area contributed by atoms with Gasteiger partial charge in [0, 0.05) is 23.4 Å². The first-order valence-electron chi connectivity index (χ1n) is 6.37. The van der Waals surface area contributed by atoms with Crippen molar-refractivity contribution in [3.05, 3.63) is 23.8 Å². The highest BCUT2D eigenvalue weighted by atomic mass is 32.2. The summed E-state index contributed by atoms with van der Waals surface area (Å²) in [5.41, 5.74) is 7.74. The van der Waals surface area contributed by atoms with Gasteiger partial charge in [-0.25, -0.2) is 0 Å². The van der Waals surface area contributed by atoms with Crippen molar-refractivity contribution < 1.29 is 14.2 Å². The van der Waals surface area contributed by atoms with Crippen molar-refractivity contribution in [1.82, 2.24) is 0 Å². The van der Waals surface area contributed by atoms with Crippen LogP contribution in [0.25, 0.3) is 0 Å². The van der Waals surface area contributed by atoms with Crippen LogP contribution in [0.15, 0.2) is 23.1 Å². The van der Waals surface area contributed by atoms with E-state index in [1.165, 1.54) is 4.90 Å². The van der Waals surface area contributed by atoms with Crippen molar-refractivity contribution in [2.45, 2.75) is 11.8 Å². The molecule has 108 valence electrons. The Morgan fingerprint density at radius 3 is 2.42 bits per heavy atom. The van der Waals surface area contributed by atoms with Gasteiger partial charge >= 0.3 is 0 Å². The number of nitrogen functional groups attached to an aromatic ring is 1. The zero-order chi connectivity index (χ0) is 13.9. The maximum atomic E-state index is 5.78. The molecule has 0 aliphatic rings. The predicted molar refractivity (Wildman–Crippen MR) is 79.8 cm³/mol. The zero-order valence-corrected chi connectivity index (χ0v) is 12.5. The Morgan fingerprint density at radius 2 is 1.74 bits per heavy atom. The molecular formula is C14H23NO3S. The van der Waals surface area contributed by atoms with Gasteiger partial charge in [0.25, 0.3) is 0 Å². The predicted octanol–water partition coefficient (Wildman–Crippen LogP) is 2.35. The number of hydrogen-bond donors (Lipinski definition) is 1. The number of nitrogens with two attached hydrogens (primary N) is 1. The lowest BCUT2D eigenvalue weighted by atomic mass is 10.2. The molecule has 0 heterocycles. The van der Waals surface area contributed by atoms with Crippen LogP contribution in [0.1, 0.15) is 5.56 Å². The van der Waals surface area contributed by atoms with Gasteiger partial charge in [-0.05, 0) is 30.7 Å². The van der Waals surface area contributed by atoms with E-state index in [0.717, 1.165) is 23.6 Å². The fraction of sp³-hybridized carbons (Fsp3) is 0.571. The van der Waals surface area contributed by atoms with E-state index in [4.69, 9.17) is 19.9 Å². The molecule has 2 N–H and O–H groups in total. The lowest BCUT2D eigenvalue weighted by Gasteiger charge is -2.06. The summed E-state index contributed by atoms with van der Waals surface area (Å²) >= 11 is 1.77. The number of benzene rings is 1. The number of anilines is 1. The van der Waals surface area contributed by atoms with Crippen molar-refractivity contribution in [2.24, 2.45) is 0 Å². The first-order chi connectivity index (χ1) is 9.24. The van der Waals surface area contributed by atoms with Gasteiger partial charge in [-0.1, -0.05) is 0 Å². The van der Waals surface area contributed by atoms with Crippen LogP contribution in [0.3, 0.4) is 0 Å². The fourth-order valence-corrected chi connectivity index (χ4v) is 2.28. The van der Waals surface area contributed by atoms with Crippen LogP contribution < -0.4 is 5.73 Å². The fourth-order valence-electron chi connectivity index (χ4n) is 1.42. The van der Waals surface area contributed by atoms with Crippen LogP contribution in [0.4, 0.5) is 5.69 Å². The van der Waals surface area contributed by atoms with Crippen LogP contribution in [0.2, 0.25) is 0 Å². The maximum Gasteiger partial charge on any atom is 0.0701 e. The van der Waals surface area contributed by atoms with Crippen molar-refractivity contribution in [3.8, 4) is 0 Å². The number of aryl methyl sites for hydroxylation is 1. The summed E-state index contributed by atoms with van der Waals surface area (Å²) in [5, 5.41) is 0. The molecule has 19 heavy (non-hydrogen) atoms. The second-order valence-electron chi connectivity index (χ2n) is 4.08. The summed E-state index contributed by atoms with van der Waals surface area (Å²) in [5.74, 6) is 0.932. The molecule has 1 aromatic carbocycles. The first-order valence-corrected chi connectivity index (χ1v) is 7.36. The van der Waals surface area contributed by atoms with Crippen molar-refractivity contribution >= 4 is 17.4 Å². The monoisotopic (exact) mass is 285 g/mol. The summed E-state index contributed by atoms with van der Waals surface area (Å²) in [6.07, 6.45) is 0. The number of rotatable bonds is 10. The number of methoxy groups -OCH3 is 1. The second kappa shape index (κ2) is 10.1. The average Bonchev–Trinajstić information content (AvgIpc) is 2.41. The van der Waals surface area contributed by atoms with Gasteiger partial charge < -0.3 is 19.9 Å². The van der Waals surface area contributed by atoms with Gasteiger partial charge in [0.05, 0.1) is 33.0 Å². The average molecular weight is 285 g/mol. The van der Waals surface area contributed by atoms with E-state index >= 15 is 0 Å².